The molecule has 0 saturated heterocycles. The van der Waals surface area contributed by atoms with Gasteiger partial charge in [0, 0.05) is 11.5 Å². The molecule has 1 nitrogen and oxygen atoms in total. The van der Waals surface area contributed by atoms with Crippen molar-refractivity contribution < 1.29 is 0 Å². The lowest BCUT2D eigenvalue weighted by atomic mass is 10.2. The molecule has 0 unspecified atom stereocenters. The highest BCUT2D eigenvalue weighted by Gasteiger charge is 2.37. The third-order valence-electron chi connectivity index (χ3n) is 4.32. The zero-order valence-corrected chi connectivity index (χ0v) is 16.6. The van der Waals surface area contributed by atoms with Gasteiger partial charge in [-0.25, -0.2) is 0 Å². The van der Waals surface area contributed by atoms with Gasteiger partial charge in [0.2, 0.25) is 0 Å². The third-order valence-corrected chi connectivity index (χ3v) is 7.87. The molecule has 2 heteroatoms. The monoisotopic (exact) mass is 337 g/mol. The van der Waals surface area contributed by atoms with Gasteiger partial charge in [-0.3, -0.25) is 0 Å². The van der Waals surface area contributed by atoms with Crippen molar-refractivity contribution in [2.45, 2.75) is 51.9 Å². The molecule has 0 aliphatic carbocycles. The number of rotatable bonds is 2. The molecule has 0 fully saturated rings. The van der Waals surface area contributed by atoms with E-state index in [0.29, 0.717) is 0 Å². The molecule has 0 N–H and O–H groups in total. The summed E-state index contributed by atoms with van der Waals surface area (Å²) in [5.41, 5.74) is 2.61. The molecule has 0 atom stereocenters. The van der Waals surface area contributed by atoms with Crippen LogP contribution in [0.2, 0.25) is 0 Å². The third kappa shape index (κ3) is 3.15. The van der Waals surface area contributed by atoms with Gasteiger partial charge in [0.15, 0.2) is 0 Å². The molecule has 0 aliphatic heterocycles. The Hall–Kier alpha value is -1.59. The quantitative estimate of drug-likeness (QED) is 0.481. The molecular weight excluding hydrogens is 309 g/mol. The molecule has 0 bridgehead atoms. The molecule has 0 amide bonds. The van der Waals surface area contributed by atoms with Crippen LogP contribution in [0, 0.1) is 0 Å². The van der Waals surface area contributed by atoms with Gasteiger partial charge < -0.3 is 4.57 Å². The summed E-state index contributed by atoms with van der Waals surface area (Å²) in [6.45, 7) is 14.3. The van der Waals surface area contributed by atoms with Gasteiger partial charge in [-0.1, -0.05) is 85.9 Å². The van der Waals surface area contributed by atoms with E-state index in [-0.39, 0.29) is 18.2 Å². The Balaban J connectivity index is 2.25. The number of hydrogen-bond donors (Lipinski definition) is 0. The topological polar surface area (TPSA) is 4.93 Å². The first-order valence-electron chi connectivity index (χ1n) is 8.65. The van der Waals surface area contributed by atoms with Crippen LogP contribution in [-0.2, 0) is 0 Å². The first-order chi connectivity index (χ1) is 11.2. The van der Waals surface area contributed by atoms with Crippen LogP contribution in [0.1, 0.15) is 41.5 Å². The van der Waals surface area contributed by atoms with Crippen molar-refractivity contribution in [1.29, 1.82) is 0 Å². The molecule has 0 aliphatic rings. The summed E-state index contributed by atoms with van der Waals surface area (Å²) < 4.78 is 2.36. The second kappa shape index (κ2) is 6.05. The van der Waals surface area contributed by atoms with E-state index < -0.39 is 0 Å². The largest absolute Gasteiger partial charge is 0.316 e. The van der Waals surface area contributed by atoms with Crippen LogP contribution in [0.4, 0.5) is 0 Å². The molecule has 3 aromatic rings. The fourth-order valence-electron chi connectivity index (χ4n) is 3.88. The van der Waals surface area contributed by atoms with Crippen LogP contribution in [0.3, 0.4) is 0 Å². The average molecular weight is 337 g/mol. The van der Waals surface area contributed by atoms with E-state index in [9.17, 15) is 0 Å². The van der Waals surface area contributed by atoms with Crippen molar-refractivity contribution in [3.05, 3.63) is 60.8 Å². The van der Waals surface area contributed by atoms with Gasteiger partial charge in [0.1, 0.15) is 0 Å². The number of benzene rings is 2. The Kier molecular flexibility index (Phi) is 4.34. The maximum atomic E-state index is 2.38. The van der Waals surface area contributed by atoms with Crippen molar-refractivity contribution in [3.63, 3.8) is 0 Å². The van der Waals surface area contributed by atoms with Crippen molar-refractivity contribution in [3.8, 4) is 5.69 Å². The summed E-state index contributed by atoms with van der Waals surface area (Å²) in [6.07, 6.45) is 2.21. The predicted octanol–water partition coefficient (Wildman–Crippen LogP) is 6.33. The van der Waals surface area contributed by atoms with Crippen LogP contribution in [0.5, 0.6) is 0 Å². The lowest BCUT2D eigenvalue weighted by molar-refractivity contribution is 0.714. The minimum Gasteiger partial charge on any atom is -0.316 e. The van der Waals surface area contributed by atoms with Crippen LogP contribution in [-0.4, -0.2) is 14.9 Å². The molecule has 2 aromatic carbocycles. The van der Waals surface area contributed by atoms with E-state index in [2.05, 4.69) is 107 Å². The maximum absolute atomic E-state index is 2.38. The van der Waals surface area contributed by atoms with Crippen molar-refractivity contribution in [2.75, 3.05) is 0 Å². The predicted molar refractivity (Wildman–Crippen MR) is 109 cm³/mol. The fraction of sp³-hybridized carbons (Fsp3) is 0.364. The highest BCUT2D eigenvalue weighted by Crippen LogP contribution is 2.59. The molecule has 1 heterocycles. The zero-order valence-electron chi connectivity index (χ0n) is 15.7. The highest BCUT2D eigenvalue weighted by molar-refractivity contribution is 7.68. The molecule has 126 valence electrons. The zero-order chi connectivity index (χ0) is 17.5. The summed E-state index contributed by atoms with van der Waals surface area (Å²) in [4.78, 5) is 0. The van der Waals surface area contributed by atoms with Gasteiger partial charge in [-0.05, 0) is 33.9 Å². The molecule has 24 heavy (non-hydrogen) atoms. The first-order valence-corrected chi connectivity index (χ1v) is 9.99. The van der Waals surface area contributed by atoms with Gasteiger partial charge in [-0.2, -0.15) is 0 Å². The SMILES string of the molecule is CC(C)(C)P(c1ccccc1-n1ccc2ccccc21)C(C)(C)C. The smallest absolute Gasteiger partial charge is 0.0532 e. The number of nitrogens with zero attached hydrogens (tertiary/aromatic N) is 1. The van der Waals surface area contributed by atoms with Gasteiger partial charge in [0.05, 0.1) is 11.2 Å². The minimum atomic E-state index is -0.340. The second-order valence-electron chi connectivity index (χ2n) is 8.41. The Morgan fingerprint density at radius 2 is 1.29 bits per heavy atom. The van der Waals surface area contributed by atoms with E-state index >= 15 is 0 Å². The Morgan fingerprint density at radius 3 is 1.96 bits per heavy atom. The summed E-state index contributed by atoms with van der Waals surface area (Å²) in [7, 11) is -0.340. The number of fused-ring (bicyclic) bond motifs is 1. The molecule has 3 rings (SSSR count). The lowest BCUT2D eigenvalue weighted by Gasteiger charge is -2.42. The lowest BCUT2D eigenvalue weighted by Crippen LogP contribution is -2.32. The molecule has 0 radical (unpaired) electrons. The average Bonchev–Trinajstić information content (AvgIpc) is 2.89. The van der Waals surface area contributed by atoms with E-state index in [1.54, 1.807) is 0 Å². The Labute approximate surface area is 147 Å². The highest BCUT2D eigenvalue weighted by atomic mass is 31.1. The number of para-hydroxylation sites is 2. The van der Waals surface area contributed by atoms with Crippen molar-refractivity contribution >= 4 is 24.1 Å². The molecular formula is C22H28NP. The summed E-state index contributed by atoms with van der Waals surface area (Å²) in [5.74, 6) is 0. The maximum Gasteiger partial charge on any atom is 0.0532 e. The molecule has 0 saturated carbocycles. The van der Waals surface area contributed by atoms with Crippen molar-refractivity contribution in [1.82, 2.24) is 4.57 Å². The summed E-state index contributed by atoms with van der Waals surface area (Å²) in [5, 5.41) is 3.30. The van der Waals surface area contributed by atoms with E-state index in [1.807, 2.05) is 0 Å². The van der Waals surface area contributed by atoms with Gasteiger partial charge in [-0.15, -0.1) is 0 Å². The van der Waals surface area contributed by atoms with Crippen molar-refractivity contribution in [2.24, 2.45) is 0 Å². The van der Waals surface area contributed by atoms with Gasteiger partial charge in [0.25, 0.3) is 0 Å². The molecule has 1 aromatic heterocycles. The van der Waals surface area contributed by atoms with E-state index in [1.165, 1.54) is 21.9 Å². The van der Waals surface area contributed by atoms with Gasteiger partial charge >= 0.3 is 0 Å². The van der Waals surface area contributed by atoms with E-state index in [4.69, 9.17) is 0 Å². The van der Waals surface area contributed by atoms with Crippen LogP contribution >= 0.6 is 7.92 Å². The van der Waals surface area contributed by atoms with Crippen LogP contribution in [0.15, 0.2) is 60.8 Å². The van der Waals surface area contributed by atoms with Crippen LogP contribution < -0.4 is 5.30 Å². The number of aromatic nitrogens is 1. The first kappa shape index (κ1) is 17.2. The normalized spacial score (nSPS) is 13.0. The summed E-state index contributed by atoms with van der Waals surface area (Å²) >= 11 is 0. The van der Waals surface area contributed by atoms with E-state index in [0.717, 1.165) is 0 Å². The molecule has 0 spiro atoms. The standard InChI is InChI=1S/C22H28NP/c1-21(2,3)24(22(4,5)6)20-14-10-9-13-19(20)23-16-15-17-11-7-8-12-18(17)23/h7-16H,1-6H3. The fourth-order valence-corrected chi connectivity index (χ4v) is 7.98. The Bertz CT molecular complexity index is 832. The van der Waals surface area contributed by atoms with Crippen LogP contribution in [0.25, 0.3) is 16.6 Å². The second-order valence-corrected chi connectivity index (χ2v) is 12.2. The number of hydrogen-bond acceptors (Lipinski definition) is 0. The minimum absolute atomic E-state index is 0.257. The summed E-state index contributed by atoms with van der Waals surface area (Å²) in [6, 6.07) is 19.8. The Morgan fingerprint density at radius 1 is 0.708 bits per heavy atom.